The average Bonchev–Trinajstić information content (AvgIpc) is 2.94. The van der Waals surface area contributed by atoms with Crippen LogP contribution in [0.25, 0.3) is 0 Å². The lowest BCUT2D eigenvalue weighted by atomic mass is 10.1. The van der Waals surface area contributed by atoms with Gasteiger partial charge >= 0.3 is 5.97 Å². The van der Waals surface area contributed by atoms with Crippen molar-refractivity contribution in [2.24, 2.45) is 0 Å². The molecule has 0 spiro atoms. The van der Waals surface area contributed by atoms with Gasteiger partial charge in [-0.15, -0.1) is 16.4 Å². The topological polar surface area (TPSA) is 123 Å². The summed E-state index contributed by atoms with van der Waals surface area (Å²) in [5.74, 6) is -1.08. The number of aryl methyl sites for hydroxylation is 1. The van der Waals surface area contributed by atoms with Gasteiger partial charge in [0.05, 0.1) is 12.7 Å². The molecule has 9 heteroatoms. The van der Waals surface area contributed by atoms with Gasteiger partial charge in [0.2, 0.25) is 11.8 Å². The average molecular weight is 295 g/mol. The number of esters is 1. The highest BCUT2D eigenvalue weighted by molar-refractivity contribution is 7.16. The monoisotopic (exact) mass is 295 g/mol. The van der Waals surface area contributed by atoms with Crippen molar-refractivity contribution in [3.05, 3.63) is 21.8 Å². The normalized spacial score (nSPS) is 10.3. The first-order chi connectivity index (χ1) is 9.43. The minimum absolute atomic E-state index is 0.0259. The predicted octanol–water partition coefficient (Wildman–Crippen LogP) is 1.10. The molecule has 20 heavy (non-hydrogen) atoms. The summed E-state index contributed by atoms with van der Waals surface area (Å²) in [6.07, 6.45) is 0. The number of anilines is 2. The summed E-state index contributed by atoms with van der Waals surface area (Å²) in [5.41, 5.74) is 6.45. The van der Waals surface area contributed by atoms with Crippen molar-refractivity contribution in [2.45, 2.75) is 13.8 Å². The van der Waals surface area contributed by atoms with E-state index in [-0.39, 0.29) is 11.8 Å². The maximum atomic E-state index is 12.0. The molecule has 0 saturated heterocycles. The zero-order chi connectivity index (χ0) is 14.9. The molecule has 0 fully saturated rings. The van der Waals surface area contributed by atoms with Crippen LogP contribution >= 0.6 is 11.3 Å². The van der Waals surface area contributed by atoms with Gasteiger partial charge in [0, 0.05) is 4.88 Å². The highest BCUT2D eigenvalue weighted by Gasteiger charge is 2.22. The maximum absolute atomic E-state index is 12.0. The number of amides is 1. The fourth-order valence-electron chi connectivity index (χ4n) is 1.60. The molecule has 1 amide bonds. The van der Waals surface area contributed by atoms with E-state index in [1.165, 1.54) is 18.4 Å². The summed E-state index contributed by atoms with van der Waals surface area (Å²) < 4.78 is 4.72. The molecule has 4 N–H and O–H groups in total. The number of nitrogens with one attached hydrogen (secondary N) is 2. The van der Waals surface area contributed by atoms with Gasteiger partial charge < -0.3 is 15.8 Å². The van der Waals surface area contributed by atoms with Gasteiger partial charge in [-0.1, -0.05) is 0 Å². The van der Waals surface area contributed by atoms with Gasteiger partial charge in [-0.3, -0.25) is 9.89 Å². The van der Waals surface area contributed by atoms with Gasteiger partial charge in [-0.25, -0.2) is 4.79 Å². The molecule has 0 aliphatic carbocycles. The lowest BCUT2D eigenvalue weighted by molar-refractivity contribution is 0.0601. The summed E-state index contributed by atoms with van der Waals surface area (Å²) in [7, 11) is 1.29. The standard InChI is InChI=1S/C11H13N5O3S/c1-4-5(2)20-9(6(4)10(18)19-3)14-8(17)7-13-11(12)16-15-7/h1-3H3,(H,14,17)(H3,12,13,15,16). The van der Waals surface area contributed by atoms with Crippen LogP contribution in [-0.2, 0) is 4.74 Å². The number of nitrogen functional groups attached to an aromatic ring is 1. The van der Waals surface area contributed by atoms with Crippen LogP contribution in [0.5, 0.6) is 0 Å². The van der Waals surface area contributed by atoms with Crippen molar-refractivity contribution in [3.8, 4) is 0 Å². The molecule has 0 atom stereocenters. The third-order valence-electron chi connectivity index (χ3n) is 2.72. The van der Waals surface area contributed by atoms with Crippen molar-refractivity contribution in [3.63, 3.8) is 0 Å². The number of aromatic amines is 1. The van der Waals surface area contributed by atoms with E-state index in [9.17, 15) is 9.59 Å². The Hall–Kier alpha value is -2.42. The number of carbonyl (C=O) groups excluding carboxylic acids is 2. The van der Waals surface area contributed by atoms with Crippen LogP contribution in [0.3, 0.4) is 0 Å². The molecule has 0 radical (unpaired) electrons. The van der Waals surface area contributed by atoms with E-state index in [2.05, 4.69) is 20.5 Å². The Bertz CT molecular complexity index is 676. The second-order valence-corrected chi connectivity index (χ2v) is 5.20. The molecule has 8 nitrogen and oxygen atoms in total. The zero-order valence-corrected chi connectivity index (χ0v) is 11.9. The number of nitrogens with zero attached hydrogens (tertiary/aromatic N) is 2. The van der Waals surface area contributed by atoms with E-state index in [0.717, 1.165) is 10.4 Å². The molecular formula is C11H13N5O3S. The maximum Gasteiger partial charge on any atom is 0.341 e. The number of hydrogen-bond acceptors (Lipinski definition) is 7. The Balaban J connectivity index is 2.32. The Morgan fingerprint density at radius 3 is 2.65 bits per heavy atom. The largest absolute Gasteiger partial charge is 0.465 e. The fraction of sp³-hybridized carbons (Fsp3) is 0.273. The van der Waals surface area contributed by atoms with Crippen LogP contribution < -0.4 is 11.1 Å². The number of H-pyrrole nitrogens is 1. The molecule has 0 aliphatic heterocycles. The van der Waals surface area contributed by atoms with Gasteiger partial charge in [0.25, 0.3) is 5.91 Å². The number of methoxy groups -OCH3 is 1. The number of aromatic nitrogens is 3. The summed E-state index contributed by atoms with van der Waals surface area (Å²) in [4.78, 5) is 28.4. The third kappa shape index (κ3) is 2.48. The molecular weight excluding hydrogens is 282 g/mol. The Kier molecular flexibility index (Phi) is 3.70. The smallest absolute Gasteiger partial charge is 0.341 e. The number of carbonyl (C=O) groups is 2. The molecule has 2 aromatic heterocycles. The highest BCUT2D eigenvalue weighted by Crippen LogP contribution is 2.33. The van der Waals surface area contributed by atoms with E-state index in [4.69, 9.17) is 10.5 Å². The summed E-state index contributed by atoms with van der Waals surface area (Å²) in [5, 5.41) is 8.98. The van der Waals surface area contributed by atoms with Crippen LogP contribution in [0, 0.1) is 13.8 Å². The molecule has 0 aliphatic rings. The lowest BCUT2D eigenvalue weighted by Gasteiger charge is -2.04. The van der Waals surface area contributed by atoms with Gasteiger partial charge in [-0.05, 0) is 19.4 Å². The summed E-state index contributed by atoms with van der Waals surface area (Å²) >= 11 is 1.29. The molecule has 0 unspecified atom stereocenters. The number of thiophene rings is 1. The quantitative estimate of drug-likeness (QED) is 0.729. The minimum atomic E-state index is -0.527. The van der Waals surface area contributed by atoms with Crippen LogP contribution in [-0.4, -0.2) is 34.2 Å². The number of ether oxygens (including phenoxy) is 1. The first kappa shape index (κ1) is 14.0. The highest BCUT2D eigenvalue weighted by atomic mass is 32.1. The number of nitrogens with two attached hydrogens (primary N) is 1. The SMILES string of the molecule is COC(=O)c1c(NC(=O)c2nc(N)n[nH]2)sc(C)c1C. The molecule has 0 bridgehead atoms. The molecule has 106 valence electrons. The van der Waals surface area contributed by atoms with Crippen molar-refractivity contribution < 1.29 is 14.3 Å². The van der Waals surface area contributed by atoms with Crippen molar-refractivity contribution in [1.29, 1.82) is 0 Å². The Labute approximate surface area is 118 Å². The summed E-state index contributed by atoms with van der Waals surface area (Å²) in [6.45, 7) is 3.65. The van der Waals surface area contributed by atoms with Gasteiger partial charge in [-0.2, -0.15) is 4.98 Å². The van der Waals surface area contributed by atoms with Crippen LogP contribution in [0.15, 0.2) is 0 Å². The second kappa shape index (κ2) is 5.29. The fourth-order valence-corrected chi connectivity index (χ4v) is 2.65. The molecule has 2 heterocycles. The van der Waals surface area contributed by atoms with Crippen LogP contribution in [0.4, 0.5) is 10.9 Å². The van der Waals surface area contributed by atoms with E-state index >= 15 is 0 Å². The van der Waals surface area contributed by atoms with E-state index in [0.29, 0.717) is 10.6 Å². The minimum Gasteiger partial charge on any atom is -0.465 e. The van der Waals surface area contributed by atoms with Crippen LogP contribution in [0.1, 0.15) is 31.4 Å². The molecule has 0 aromatic carbocycles. The predicted molar refractivity (Wildman–Crippen MR) is 73.9 cm³/mol. The van der Waals surface area contributed by atoms with Crippen molar-refractivity contribution in [2.75, 3.05) is 18.2 Å². The molecule has 0 saturated carbocycles. The van der Waals surface area contributed by atoms with Crippen molar-refractivity contribution in [1.82, 2.24) is 15.2 Å². The number of hydrogen-bond donors (Lipinski definition) is 3. The summed E-state index contributed by atoms with van der Waals surface area (Å²) in [6, 6.07) is 0. The third-order valence-corrected chi connectivity index (χ3v) is 3.84. The second-order valence-electron chi connectivity index (χ2n) is 3.98. The van der Waals surface area contributed by atoms with E-state index < -0.39 is 11.9 Å². The van der Waals surface area contributed by atoms with Gasteiger partial charge in [0.1, 0.15) is 5.00 Å². The molecule has 2 aromatic rings. The lowest BCUT2D eigenvalue weighted by Crippen LogP contribution is -2.15. The first-order valence-corrected chi connectivity index (χ1v) is 6.43. The zero-order valence-electron chi connectivity index (χ0n) is 11.1. The number of rotatable bonds is 3. The van der Waals surface area contributed by atoms with Crippen molar-refractivity contribution >= 4 is 34.2 Å². The Morgan fingerprint density at radius 1 is 1.40 bits per heavy atom. The van der Waals surface area contributed by atoms with E-state index in [1.807, 2.05) is 6.92 Å². The van der Waals surface area contributed by atoms with E-state index in [1.54, 1.807) is 6.92 Å². The first-order valence-electron chi connectivity index (χ1n) is 5.61. The Morgan fingerprint density at radius 2 is 2.10 bits per heavy atom. The van der Waals surface area contributed by atoms with Gasteiger partial charge in [0.15, 0.2) is 0 Å². The van der Waals surface area contributed by atoms with Crippen LogP contribution in [0.2, 0.25) is 0 Å². The molecule has 2 rings (SSSR count).